The Balaban J connectivity index is 2.62. The van der Waals surface area contributed by atoms with E-state index in [9.17, 15) is 0 Å². The Morgan fingerprint density at radius 2 is 1.75 bits per heavy atom. The molecule has 0 atom stereocenters. The molecule has 0 aliphatic heterocycles. The summed E-state index contributed by atoms with van der Waals surface area (Å²) in [7, 11) is 0. The molecule has 0 spiro atoms. The first-order valence-electron chi connectivity index (χ1n) is 5.15. The van der Waals surface area contributed by atoms with E-state index in [-0.39, 0.29) is 0 Å². The summed E-state index contributed by atoms with van der Waals surface area (Å²) < 4.78 is 0. The fraction of sp³-hybridized carbons (Fsp3) is 0.231. The van der Waals surface area contributed by atoms with Crippen molar-refractivity contribution in [2.24, 2.45) is 0 Å². The molecule has 2 aromatic rings. The maximum Gasteiger partial charge on any atom is 0.161 e. The first-order chi connectivity index (χ1) is 7.56. The molecule has 0 unspecified atom stereocenters. The minimum Gasteiger partial charge on any atom is -0.233 e. The molecular weight excluding hydrogens is 220 g/mol. The highest BCUT2D eigenvalue weighted by Crippen LogP contribution is 2.22. The van der Waals surface area contributed by atoms with E-state index in [1.54, 1.807) is 6.07 Å². The highest BCUT2D eigenvalue weighted by atomic mass is 35.5. The Morgan fingerprint density at radius 3 is 2.44 bits per heavy atom. The maximum atomic E-state index is 5.94. The third-order valence-electron chi connectivity index (χ3n) is 2.46. The Bertz CT molecular complexity index is 515. The third-order valence-corrected chi connectivity index (χ3v) is 2.65. The molecule has 2 rings (SSSR count). The van der Waals surface area contributed by atoms with Gasteiger partial charge in [0.2, 0.25) is 0 Å². The number of benzene rings is 1. The number of halogens is 1. The van der Waals surface area contributed by atoms with Crippen LogP contribution < -0.4 is 0 Å². The predicted octanol–water partition coefficient (Wildman–Crippen LogP) is 3.72. The highest BCUT2D eigenvalue weighted by Gasteiger charge is 2.07. The van der Waals surface area contributed by atoms with Crippen LogP contribution in [-0.4, -0.2) is 9.97 Å². The van der Waals surface area contributed by atoms with Crippen LogP contribution in [0, 0.1) is 20.8 Å². The lowest BCUT2D eigenvalue weighted by molar-refractivity contribution is 1.10. The molecule has 0 radical (unpaired) electrons. The van der Waals surface area contributed by atoms with Crippen LogP contribution in [0.25, 0.3) is 11.4 Å². The fourth-order valence-corrected chi connectivity index (χ4v) is 1.87. The highest BCUT2D eigenvalue weighted by molar-refractivity contribution is 6.29. The zero-order chi connectivity index (χ0) is 11.7. The van der Waals surface area contributed by atoms with Crippen LogP contribution in [0.1, 0.15) is 16.8 Å². The average molecular weight is 233 g/mol. The summed E-state index contributed by atoms with van der Waals surface area (Å²) in [6.07, 6.45) is 0. The molecule has 1 heterocycles. The van der Waals surface area contributed by atoms with E-state index in [4.69, 9.17) is 11.6 Å². The summed E-state index contributed by atoms with van der Waals surface area (Å²) in [5.41, 5.74) is 4.29. The standard InChI is InChI=1S/C13H13ClN2/c1-8-4-5-9(2)11(6-8)13-15-10(3)7-12(14)16-13/h4-7H,1-3H3. The van der Waals surface area contributed by atoms with Crippen LogP contribution >= 0.6 is 11.6 Å². The van der Waals surface area contributed by atoms with Gasteiger partial charge in [-0.2, -0.15) is 0 Å². The lowest BCUT2D eigenvalue weighted by atomic mass is 10.1. The molecule has 0 bridgehead atoms. The van der Waals surface area contributed by atoms with Gasteiger partial charge in [-0.1, -0.05) is 29.3 Å². The van der Waals surface area contributed by atoms with Crippen molar-refractivity contribution in [3.05, 3.63) is 46.2 Å². The number of hydrogen-bond donors (Lipinski definition) is 0. The van der Waals surface area contributed by atoms with Gasteiger partial charge in [0.15, 0.2) is 5.82 Å². The smallest absolute Gasteiger partial charge is 0.161 e. The van der Waals surface area contributed by atoms with Crippen LogP contribution in [0.3, 0.4) is 0 Å². The Morgan fingerprint density at radius 1 is 1.00 bits per heavy atom. The molecule has 3 heteroatoms. The molecule has 16 heavy (non-hydrogen) atoms. The Kier molecular flexibility index (Phi) is 2.92. The Labute approximate surface area is 100 Å². The fourth-order valence-electron chi connectivity index (χ4n) is 1.63. The molecule has 0 saturated carbocycles. The second kappa shape index (κ2) is 4.22. The van der Waals surface area contributed by atoms with Gasteiger partial charge in [0.1, 0.15) is 5.15 Å². The van der Waals surface area contributed by atoms with Crippen LogP contribution in [0.2, 0.25) is 5.15 Å². The quantitative estimate of drug-likeness (QED) is 0.701. The summed E-state index contributed by atoms with van der Waals surface area (Å²) in [6.45, 7) is 6.02. The molecule has 2 nitrogen and oxygen atoms in total. The molecular formula is C13H13ClN2. The van der Waals surface area contributed by atoms with Crippen molar-refractivity contribution < 1.29 is 0 Å². The first kappa shape index (κ1) is 11.1. The summed E-state index contributed by atoms with van der Waals surface area (Å²) in [5.74, 6) is 0.700. The topological polar surface area (TPSA) is 25.8 Å². The molecule has 0 saturated heterocycles. The second-order valence-corrected chi connectivity index (χ2v) is 4.36. The van der Waals surface area contributed by atoms with Crippen LogP contribution in [0.15, 0.2) is 24.3 Å². The van der Waals surface area contributed by atoms with Gasteiger partial charge in [-0.15, -0.1) is 0 Å². The van der Waals surface area contributed by atoms with Crippen molar-refractivity contribution in [3.8, 4) is 11.4 Å². The molecule has 0 aliphatic carbocycles. The second-order valence-electron chi connectivity index (χ2n) is 3.97. The minimum absolute atomic E-state index is 0.489. The van der Waals surface area contributed by atoms with Gasteiger partial charge >= 0.3 is 0 Å². The number of aromatic nitrogens is 2. The van der Waals surface area contributed by atoms with Gasteiger partial charge in [-0.05, 0) is 38.5 Å². The van der Waals surface area contributed by atoms with Crippen molar-refractivity contribution in [3.63, 3.8) is 0 Å². The van der Waals surface area contributed by atoms with Crippen molar-refractivity contribution >= 4 is 11.6 Å². The first-order valence-corrected chi connectivity index (χ1v) is 5.53. The maximum absolute atomic E-state index is 5.94. The van der Waals surface area contributed by atoms with E-state index in [1.165, 1.54) is 5.56 Å². The van der Waals surface area contributed by atoms with Crippen molar-refractivity contribution in [1.82, 2.24) is 9.97 Å². The molecule has 1 aromatic carbocycles. The number of hydrogen-bond acceptors (Lipinski definition) is 2. The summed E-state index contributed by atoms with van der Waals surface area (Å²) in [6, 6.07) is 8.00. The van der Waals surface area contributed by atoms with E-state index in [2.05, 4.69) is 35.1 Å². The van der Waals surface area contributed by atoms with Gasteiger partial charge in [-0.3, -0.25) is 0 Å². The third kappa shape index (κ3) is 2.22. The minimum atomic E-state index is 0.489. The molecule has 82 valence electrons. The number of aryl methyl sites for hydroxylation is 3. The largest absolute Gasteiger partial charge is 0.233 e. The normalized spacial score (nSPS) is 10.5. The average Bonchev–Trinajstić information content (AvgIpc) is 2.20. The van der Waals surface area contributed by atoms with Gasteiger partial charge in [0, 0.05) is 11.3 Å². The molecule has 1 aromatic heterocycles. The monoisotopic (exact) mass is 232 g/mol. The van der Waals surface area contributed by atoms with E-state index in [0.29, 0.717) is 11.0 Å². The summed E-state index contributed by atoms with van der Waals surface area (Å²) in [4.78, 5) is 8.67. The molecule has 0 aliphatic rings. The van der Waals surface area contributed by atoms with Crippen LogP contribution in [-0.2, 0) is 0 Å². The zero-order valence-electron chi connectivity index (χ0n) is 9.58. The number of rotatable bonds is 1. The molecule has 0 N–H and O–H groups in total. The summed E-state index contributed by atoms with van der Waals surface area (Å²) >= 11 is 5.94. The number of nitrogens with zero attached hydrogens (tertiary/aromatic N) is 2. The Hall–Kier alpha value is -1.41. The molecule has 0 amide bonds. The van der Waals surface area contributed by atoms with Gasteiger partial charge in [-0.25, -0.2) is 9.97 Å². The van der Waals surface area contributed by atoms with Crippen LogP contribution in [0.4, 0.5) is 0 Å². The van der Waals surface area contributed by atoms with Crippen molar-refractivity contribution in [2.45, 2.75) is 20.8 Å². The lowest BCUT2D eigenvalue weighted by Gasteiger charge is -2.06. The van der Waals surface area contributed by atoms with Gasteiger partial charge in [0.05, 0.1) is 0 Å². The molecule has 0 fully saturated rings. The van der Waals surface area contributed by atoms with E-state index < -0.39 is 0 Å². The predicted molar refractivity (Wildman–Crippen MR) is 66.7 cm³/mol. The lowest BCUT2D eigenvalue weighted by Crippen LogP contribution is -1.94. The van der Waals surface area contributed by atoms with Gasteiger partial charge in [0.25, 0.3) is 0 Å². The van der Waals surface area contributed by atoms with Crippen LogP contribution in [0.5, 0.6) is 0 Å². The van der Waals surface area contributed by atoms with E-state index in [0.717, 1.165) is 16.8 Å². The SMILES string of the molecule is Cc1ccc(C)c(-c2nc(C)cc(Cl)n2)c1. The van der Waals surface area contributed by atoms with E-state index in [1.807, 2.05) is 13.8 Å². The van der Waals surface area contributed by atoms with Crippen molar-refractivity contribution in [2.75, 3.05) is 0 Å². The zero-order valence-corrected chi connectivity index (χ0v) is 10.3. The summed E-state index contributed by atoms with van der Waals surface area (Å²) in [5, 5.41) is 0.489. The van der Waals surface area contributed by atoms with Gasteiger partial charge < -0.3 is 0 Å². The van der Waals surface area contributed by atoms with E-state index >= 15 is 0 Å². The van der Waals surface area contributed by atoms with Crippen molar-refractivity contribution in [1.29, 1.82) is 0 Å².